The van der Waals surface area contributed by atoms with Gasteiger partial charge in [-0.25, -0.2) is 8.78 Å². The normalized spacial score (nSPS) is 10.5. The number of rotatable bonds is 4. The van der Waals surface area contributed by atoms with Gasteiger partial charge in [0.05, 0.1) is 11.3 Å². The molecule has 0 heterocycles. The van der Waals surface area contributed by atoms with Crippen LogP contribution in [-0.2, 0) is 6.18 Å². The Balaban J connectivity index is 2.44. The van der Waals surface area contributed by atoms with Crippen molar-refractivity contribution in [3.63, 3.8) is 0 Å². The van der Waals surface area contributed by atoms with Crippen molar-refractivity contribution in [1.29, 1.82) is 10.5 Å². The fourth-order valence-corrected chi connectivity index (χ4v) is 2.33. The summed E-state index contributed by atoms with van der Waals surface area (Å²) in [5, 5.41) is 20.0. The van der Waals surface area contributed by atoms with Gasteiger partial charge in [0.1, 0.15) is 17.7 Å². The van der Waals surface area contributed by atoms with Crippen LogP contribution in [0.15, 0.2) is 42.1 Å². The predicted octanol–water partition coefficient (Wildman–Crippen LogP) is 5.72. The van der Waals surface area contributed by atoms with Crippen LogP contribution in [0.3, 0.4) is 0 Å². The molecular formula is C17H7F5IN3O. The van der Waals surface area contributed by atoms with Crippen molar-refractivity contribution in [2.75, 3.05) is 5.32 Å². The molecule has 2 rings (SSSR count). The van der Waals surface area contributed by atoms with Gasteiger partial charge in [0, 0.05) is 9.77 Å². The molecule has 0 aliphatic carbocycles. The first-order valence-electron chi connectivity index (χ1n) is 6.96. The van der Waals surface area contributed by atoms with E-state index in [9.17, 15) is 22.0 Å². The van der Waals surface area contributed by atoms with Crippen LogP contribution >= 0.6 is 22.6 Å². The molecule has 138 valence electrons. The lowest BCUT2D eigenvalue weighted by Gasteiger charge is -2.14. The molecule has 0 radical (unpaired) electrons. The molecule has 0 unspecified atom stereocenters. The van der Waals surface area contributed by atoms with Gasteiger partial charge in [0.25, 0.3) is 0 Å². The van der Waals surface area contributed by atoms with E-state index in [1.54, 1.807) is 18.2 Å². The van der Waals surface area contributed by atoms with E-state index in [4.69, 9.17) is 15.3 Å². The molecule has 0 fully saturated rings. The summed E-state index contributed by atoms with van der Waals surface area (Å²) in [5.41, 5.74) is -1.62. The number of nitriles is 2. The van der Waals surface area contributed by atoms with Crippen LogP contribution in [0.5, 0.6) is 11.5 Å². The van der Waals surface area contributed by atoms with E-state index in [1.807, 2.05) is 22.6 Å². The lowest BCUT2D eigenvalue weighted by atomic mass is 10.2. The molecule has 1 N–H and O–H groups in total. The first-order valence-corrected chi connectivity index (χ1v) is 8.04. The summed E-state index contributed by atoms with van der Waals surface area (Å²) in [6.07, 6.45) is -3.86. The lowest BCUT2D eigenvalue weighted by molar-refractivity contribution is -0.138. The number of halogens is 6. The van der Waals surface area contributed by atoms with Gasteiger partial charge in [-0.1, -0.05) is 0 Å². The number of benzene rings is 2. The molecule has 0 aliphatic rings. The van der Waals surface area contributed by atoms with Gasteiger partial charge in [-0.2, -0.15) is 23.7 Å². The van der Waals surface area contributed by atoms with E-state index in [2.05, 4.69) is 5.32 Å². The highest BCUT2D eigenvalue weighted by atomic mass is 127. The van der Waals surface area contributed by atoms with Crippen LogP contribution in [0, 0.1) is 37.9 Å². The fourth-order valence-electron chi connectivity index (χ4n) is 1.87. The van der Waals surface area contributed by atoms with Gasteiger partial charge in [0.15, 0.2) is 23.1 Å². The number of anilines is 1. The average molecular weight is 491 g/mol. The molecule has 0 spiro atoms. The number of hydrogen-bond donors (Lipinski definition) is 1. The van der Waals surface area contributed by atoms with Crippen LogP contribution in [0.2, 0.25) is 0 Å². The second kappa shape index (κ2) is 8.22. The minimum absolute atomic E-state index is 0.120. The molecular weight excluding hydrogens is 484 g/mol. The minimum Gasteiger partial charge on any atom is -0.449 e. The first-order chi connectivity index (χ1) is 12.7. The van der Waals surface area contributed by atoms with E-state index in [0.29, 0.717) is 3.57 Å². The van der Waals surface area contributed by atoms with Crippen LogP contribution in [0.4, 0.5) is 27.6 Å². The summed E-state index contributed by atoms with van der Waals surface area (Å²) in [4.78, 5) is 0. The van der Waals surface area contributed by atoms with Gasteiger partial charge < -0.3 is 10.1 Å². The molecule has 0 aromatic heterocycles. The predicted molar refractivity (Wildman–Crippen MR) is 93.5 cm³/mol. The number of ether oxygens (including phenoxy) is 1. The van der Waals surface area contributed by atoms with Gasteiger partial charge in [-0.05, 0) is 52.9 Å². The van der Waals surface area contributed by atoms with Crippen molar-refractivity contribution in [2.45, 2.75) is 6.18 Å². The second-order valence-electron chi connectivity index (χ2n) is 4.94. The third-order valence-corrected chi connectivity index (χ3v) is 3.77. The molecule has 0 amide bonds. The second-order valence-corrected chi connectivity index (χ2v) is 6.18. The van der Waals surface area contributed by atoms with Crippen molar-refractivity contribution in [1.82, 2.24) is 0 Å². The van der Waals surface area contributed by atoms with E-state index in [1.165, 1.54) is 12.1 Å². The van der Waals surface area contributed by atoms with E-state index >= 15 is 0 Å². The maximum atomic E-state index is 14.0. The molecule has 0 aliphatic heterocycles. The van der Waals surface area contributed by atoms with Crippen LogP contribution in [0.1, 0.15) is 5.56 Å². The number of hydrogen-bond acceptors (Lipinski definition) is 4. The van der Waals surface area contributed by atoms with Crippen LogP contribution < -0.4 is 10.1 Å². The number of allylic oxidation sites excluding steroid dienone is 1. The Kier molecular flexibility index (Phi) is 6.23. The molecule has 4 nitrogen and oxygen atoms in total. The van der Waals surface area contributed by atoms with Gasteiger partial charge in [-0.15, -0.1) is 0 Å². The molecule has 0 bridgehead atoms. The van der Waals surface area contributed by atoms with Crippen molar-refractivity contribution < 1.29 is 26.7 Å². The van der Waals surface area contributed by atoms with E-state index in [-0.39, 0.29) is 29.1 Å². The maximum absolute atomic E-state index is 14.0. The highest BCUT2D eigenvalue weighted by Crippen LogP contribution is 2.37. The van der Waals surface area contributed by atoms with Gasteiger partial charge >= 0.3 is 6.18 Å². The largest absolute Gasteiger partial charge is 0.449 e. The zero-order valence-corrected chi connectivity index (χ0v) is 15.2. The monoisotopic (exact) mass is 491 g/mol. The van der Waals surface area contributed by atoms with Crippen molar-refractivity contribution >= 4 is 28.3 Å². The lowest BCUT2D eigenvalue weighted by Crippen LogP contribution is -2.07. The SMILES string of the molecule is N#CC(C#N)=CNc1ccc(I)cc1Oc1c(F)cc(C(F)(F)F)cc1F. The summed E-state index contributed by atoms with van der Waals surface area (Å²) in [7, 11) is 0. The highest BCUT2D eigenvalue weighted by Gasteiger charge is 2.33. The number of alkyl halides is 3. The zero-order chi connectivity index (χ0) is 20.2. The average Bonchev–Trinajstić information content (AvgIpc) is 2.59. The maximum Gasteiger partial charge on any atom is 0.416 e. The van der Waals surface area contributed by atoms with Crippen molar-refractivity contribution in [3.8, 4) is 23.6 Å². The number of nitrogens with one attached hydrogen (secondary N) is 1. The van der Waals surface area contributed by atoms with Crippen LogP contribution in [-0.4, -0.2) is 0 Å². The molecule has 27 heavy (non-hydrogen) atoms. The third kappa shape index (κ3) is 5.08. The topological polar surface area (TPSA) is 68.8 Å². The van der Waals surface area contributed by atoms with E-state index in [0.717, 1.165) is 6.20 Å². The summed E-state index contributed by atoms with van der Waals surface area (Å²) in [6, 6.07) is 7.88. The number of nitrogens with zero attached hydrogens (tertiary/aromatic N) is 2. The Morgan fingerprint density at radius 2 is 1.67 bits per heavy atom. The van der Waals surface area contributed by atoms with Gasteiger partial charge in [0.2, 0.25) is 0 Å². The molecule has 0 saturated carbocycles. The fraction of sp³-hybridized carbons (Fsp3) is 0.0588. The van der Waals surface area contributed by atoms with Gasteiger partial charge in [-0.3, -0.25) is 0 Å². The third-order valence-electron chi connectivity index (χ3n) is 3.09. The Morgan fingerprint density at radius 3 is 2.19 bits per heavy atom. The van der Waals surface area contributed by atoms with Crippen molar-refractivity contribution in [2.24, 2.45) is 0 Å². The Bertz CT molecular complexity index is 951. The van der Waals surface area contributed by atoms with Crippen LogP contribution in [0.25, 0.3) is 0 Å². The smallest absolute Gasteiger partial charge is 0.416 e. The Hall–Kier alpha value is -2.86. The Morgan fingerprint density at radius 1 is 1.07 bits per heavy atom. The van der Waals surface area contributed by atoms with Crippen molar-refractivity contribution in [3.05, 3.63) is 62.9 Å². The molecule has 2 aromatic carbocycles. The highest BCUT2D eigenvalue weighted by molar-refractivity contribution is 14.1. The van der Waals surface area contributed by atoms with E-state index < -0.39 is 29.1 Å². The zero-order valence-electron chi connectivity index (χ0n) is 13.0. The Labute approximate surface area is 163 Å². The molecule has 0 saturated heterocycles. The quantitative estimate of drug-likeness (QED) is 0.338. The first kappa shape index (κ1) is 20.5. The minimum atomic E-state index is -4.91. The molecule has 10 heteroatoms. The summed E-state index contributed by atoms with van der Waals surface area (Å²) in [5.74, 6) is -4.20. The molecule has 0 atom stereocenters. The summed E-state index contributed by atoms with van der Waals surface area (Å²) >= 11 is 1.89. The summed E-state index contributed by atoms with van der Waals surface area (Å²) in [6.45, 7) is 0. The standard InChI is InChI=1S/C17H7F5IN3O/c18-12-3-10(17(20,21)22)4-13(19)16(12)27-15-5-11(23)1-2-14(15)26-8-9(6-24)7-25/h1-5,8,26H. The summed E-state index contributed by atoms with van der Waals surface area (Å²) < 4.78 is 71.6. The molecule has 2 aromatic rings.